The first-order valence-electron chi connectivity index (χ1n) is 11.6. The number of alkyl halides is 3. The van der Waals surface area contributed by atoms with Gasteiger partial charge in [-0.3, -0.25) is 0 Å². The summed E-state index contributed by atoms with van der Waals surface area (Å²) in [6.07, 6.45) is -2.42. The van der Waals surface area contributed by atoms with E-state index in [2.05, 4.69) is 0 Å². The molecule has 36 heavy (non-hydrogen) atoms. The number of benzene rings is 2. The van der Waals surface area contributed by atoms with E-state index in [-0.39, 0.29) is 27.5 Å². The third-order valence-electron chi connectivity index (χ3n) is 6.39. The van der Waals surface area contributed by atoms with Gasteiger partial charge in [0.1, 0.15) is 11.9 Å². The Hall–Kier alpha value is -2.90. The molecule has 0 spiro atoms. The molecule has 0 amide bonds. The maximum atomic E-state index is 15.4. The zero-order valence-electron chi connectivity index (χ0n) is 20.2. The second-order valence-corrected chi connectivity index (χ2v) is 12.5. The fourth-order valence-electron chi connectivity index (χ4n) is 4.48. The third-order valence-corrected chi connectivity index (χ3v) is 8.31. The lowest BCUT2D eigenvalue weighted by atomic mass is 9.96. The minimum absolute atomic E-state index is 0.0337. The molecule has 1 heterocycles. The summed E-state index contributed by atoms with van der Waals surface area (Å²) in [7, 11) is -4.23. The van der Waals surface area contributed by atoms with Crippen molar-refractivity contribution in [3.8, 4) is 17.2 Å². The van der Waals surface area contributed by atoms with Crippen LogP contribution in [0.4, 0.5) is 17.6 Å². The Balaban J connectivity index is 1.94. The number of sulfonamides is 1. The average Bonchev–Trinajstić information content (AvgIpc) is 3.04. The Kier molecular flexibility index (Phi) is 6.69. The van der Waals surface area contributed by atoms with Gasteiger partial charge in [-0.1, -0.05) is 45.4 Å². The lowest BCUT2D eigenvalue weighted by Crippen LogP contribution is -2.44. The number of hydrogen-bond donors (Lipinski definition) is 1. The van der Waals surface area contributed by atoms with Crippen LogP contribution in [0.1, 0.15) is 57.2 Å². The van der Waals surface area contributed by atoms with Crippen molar-refractivity contribution in [1.82, 2.24) is 9.29 Å². The largest absolute Gasteiger partial charge is 0.408 e. The number of hydrogen-bond acceptors (Lipinski definition) is 3. The minimum Gasteiger partial charge on any atom is -0.347 e. The van der Waals surface area contributed by atoms with Gasteiger partial charge in [0, 0.05) is 40.3 Å². The number of aromatic nitrogens is 1. The van der Waals surface area contributed by atoms with Crippen LogP contribution in [0, 0.1) is 22.6 Å². The molecule has 1 atom stereocenters. The van der Waals surface area contributed by atoms with Crippen molar-refractivity contribution in [2.75, 3.05) is 0 Å². The van der Waals surface area contributed by atoms with Gasteiger partial charge in [0.25, 0.3) is 0 Å². The van der Waals surface area contributed by atoms with Crippen molar-refractivity contribution in [2.45, 2.75) is 64.0 Å². The first kappa shape index (κ1) is 26.2. The van der Waals surface area contributed by atoms with E-state index in [4.69, 9.17) is 0 Å². The highest BCUT2D eigenvalue weighted by molar-refractivity contribution is 7.90. The molecule has 1 unspecified atom stereocenters. The van der Waals surface area contributed by atoms with Gasteiger partial charge < -0.3 is 4.57 Å². The number of fused-ring (bicyclic) bond motifs is 1. The molecular weight excluding hydrogens is 494 g/mol. The van der Waals surface area contributed by atoms with Crippen molar-refractivity contribution in [1.29, 1.82) is 5.26 Å². The summed E-state index contributed by atoms with van der Waals surface area (Å²) in [6, 6.07) is 8.33. The highest BCUT2D eigenvalue weighted by Gasteiger charge is 2.46. The fraction of sp³-hybridized carbons (Fsp3) is 0.423. The summed E-state index contributed by atoms with van der Waals surface area (Å²) < 4.78 is 87.0. The summed E-state index contributed by atoms with van der Waals surface area (Å²) in [5, 5.41) is 8.57. The van der Waals surface area contributed by atoms with E-state index < -0.39 is 33.3 Å². The van der Waals surface area contributed by atoms with Gasteiger partial charge in [-0.05, 0) is 36.5 Å². The first-order valence-corrected chi connectivity index (χ1v) is 13.2. The lowest BCUT2D eigenvalue weighted by molar-refractivity contribution is -0.152. The lowest BCUT2D eigenvalue weighted by Gasteiger charge is -2.29. The molecule has 0 saturated heterocycles. The SMILES string of the molecule is CC(C)(C)Cn1cc(C(NS(=O)(=O)C2CCC2)C(F)(F)F)c2cc(F)c(-c3ccccc3C#N)cc21. The van der Waals surface area contributed by atoms with Crippen LogP contribution in [-0.2, 0) is 16.6 Å². The average molecular weight is 522 g/mol. The van der Waals surface area contributed by atoms with Gasteiger partial charge in [0.05, 0.1) is 16.9 Å². The maximum Gasteiger partial charge on any atom is 0.408 e. The van der Waals surface area contributed by atoms with Crippen LogP contribution in [0.3, 0.4) is 0 Å². The standard InChI is InChI=1S/C26H27F4N3O2S/c1-25(2,3)15-33-14-21(24(26(28,29)30)32-36(34,35)17-8-6-9-17)20-11-22(27)19(12-23(20)33)18-10-5-4-7-16(18)13-31/h4-5,7,10-12,14,17,24,32H,6,8-9,15H2,1-3H3. The van der Waals surface area contributed by atoms with E-state index >= 15 is 4.39 Å². The predicted octanol–water partition coefficient (Wildman–Crippen LogP) is 6.44. The van der Waals surface area contributed by atoms with Crippen LogP contribution in [0.25, 0.3) is 22.0 Å². The maximum absolute atomic E-state index is 15.4. The molecule has 0 bridgehead atoms. The van der Waals surface area contributed by atoms with Crippen molar-refractivity contribution < 1.29 is 26.0 Å². The van der Waals surface area contributed by atoms with Crippen molar-refractivity contribution in [3.05, 3.63) is 59.5 Å². The smallest absolute Gasteiger partial charge is 0.347 e. The van der Waals surface area contributed by atoms with E-state index in [1.54, 1.807) is 22.8 Å². The van der Waals surface area contributed by atoms with Crippen molar-refractivity contribution in [3.63, 3.8) is 0 Å². The Morgan fingerprint density at radius 3 is 2.36 bits per heavy atom. The predicted molar refractivity (Wildman–Crippen MR) is 130 cm³/mol. The van der Waals surface area contributed by atoms with Crippen LogP contribution in [-0.4, -0.2) is 24.4 Å². The molecule has 5 nitrogen and oxygen atoms in total. The molecular formula is C26H27F4N3O2S. The Labute approximate surface area is 207 Å². The Morgan fingerprint density at radius 2 is 1.81 bits per heavy atom. The molecule has 0 radical (unpaired) electrons. The summed E-state index contributed by atoms with van der Waals surface area (Å²) in [5.41, 5.74) is 0.248. The minimum atomic E-state index is -4.94. The molecule has 1 N–H and O–H groups in total. The molecule has 192 valence electrons. The van der Waals surface area contributed by atoms with Crippen molar-refractivity contribution in [2.24, 2.45) is 5.41 Å². The quantitative estimate of drug-likeness (QED) is 0.379. The van der Waals surface area contributed by atoms with Gasteiger partial charge in [0.15, 0.2) is 0 Å². The number of nitriles is 1. The Morgan fingerprint density at radius 1 is 1.14 bits per heavy atom. The molecule has 1 aliphatic rings. The summed E-state index contributed by atoms with van der Waals surface area (Å²) in [4.78, 5) is 0. The number of nitrogens with one attached hydrogen (secondary N) is 1. The summed E-state index contributed by atoms with van der Waals surface area (Å²) >= 11 is 0. The molecule has 4 rings (SSSR count). The molecule has 1 saturated carbocycles. The third kappa shape index (κ3) is 5.13. The second kappa shape index (κ2) is 9.20. The van der Waals surface area contributed by atoms with Crippen LogP contribution in [0.15, 0.2) is 42.6 Å². The van der Waals surface area contributed by atoms with E-state index in [0.29, 0.717) is 36.9 Å². The molecule has 1 fully saturated rings. The van der Waals surface area contributed by atoms with Crippen LogP contribution < -0.4 is 4.72 Å². The number of rotatable bonds is 6. The monoisotopic (exact) mass is 521 g/mol. The van der Waals surface area contributed by atoms with Gasteiger partial charge >= 0.3 is 6.18 Å². The van der Waals surface area contributed by atoms with Crippen LogP contribution in [0.2, 0.25) is 0 Å². The van der Waals surface area contributed by atoms with Crippen LogP contribution in [0.5, 0.6) is 0 Å². The summed E-state index contributed by atoms with van der Waals surface area (Å²) in [6.45, 7) is 6.03. The topological polar surface area (TPSA) is 74.9 Å². The van der Waals surface area contributed by atoms with E-state index in [9.17, 15) is 26.9 Å². The fourth-order valence-corrected chi connectivity index (χ4v) is 6.22. The van der Waals surface area contributed by atoms with E-state index in [1.165, 1.54) is 18.3 Å². The molecule has 3 aromatic rings. The second-order valence-electron chi connectivity index (χ2n) is 10.5. The van der Waals surface area contributed by atoms with Gasteiger partial charge in [0.2, 0.25) is 10.0 Å². The van der Waals surface area contributed by atoms with Gasteiger partial charge in [-0.25, -0.2) is 12.8 Å². The molecule has 1 aromatic heterocycles. The number of halogens is 4. The molecule has 10 heteroatoms. The summed E-state index contributed by atoms with van der Waals surface area (Å²) in [5.74, 6) is -0.803. The van der Waals surface area contributed by atoms with E-state index in [1.807, 2.05) is 31.6 Å². The zero-order valence-corrected chi connectivity index (χ0v) is 21.0. The highest BCUT2D eigenvalue weighted by atomic mass is 32.2. The normalized spacial score (nSPS) is 16.1. The van der Waals surface area contributed by atoms with Crippen LogP contribution >= 0.6 is 0 Å². The highest BCUT2D eigenvalue weighted by Crippen LogP contribution is 2.41. The number of nitrogens with zero attached hydrogens (tertiary/aromatic N) is 2. The molecule has 0 aliphatic heterocycles. The first-order chi connectivity index (χ1) is 16.7. The Bertz CT molecular complexity index is 1440. The van der Waals surface area contributed by atoms with E-state index in [0.717, 1.165) is 6.07 Å². The molecule has 2 aromatic carbocycles. The van der Waals surface area contributed by atoms with Gasteiger partial charge in [-0.15, -0.1) is 0 Å². The zero-order chi connectivity index (χ0) is 26.5. The van der Waals surface area contributed by atoms with Crippen molar-refractivity contribution >= 4 is 20.9 Å². The molecule has 1 aliphatic carbocycles. The van der Waals surface area contributed by atoms with Gasteiger partial charge in [-0.2, -0.15) is 23.2 Å².